The Kier molecular flexibility index (Phi) is 6.78. The van der Waals surface area contributed by atoms with E-state index in [4.69, 9.17) is 5.11 Å². The van der Waals surface area contributed by atoms with Gasteiger partial charge in [0.2, 0.25) is 17.7 Å². The number of aliphatic carboxylic acids is 1. The van der Waals surface area contributed by atoms with Crippen LogP contribution in [0.1, 0.15) is 38.5 Å². The lowest BCUT2D eigenvalue weighted by molar-refractivity contribution is -0.146. The highest BCUT2D eigenvalue weighted by molar-refractivity contribution is 5.85. The zero-order chi connectivity index (χ0) is 18.4. The monoisotopic (exact) mass is 353 g/mol. The van der Waals surface area contributed by atoms with Crippen molar-refractivity contribution in [2.75, 3.05) is 33.2 Å². The van der Waals surface area contributed by atoms with Crippen LogP contribution in [0.5, 0.6) is 0 Å². The van der Waals surface area contributed by atoms with Crippen molar-refractivity contribution in [2.24, 2.45) is 11.8 Å². The van der Waals surface area contributed by atoms with Crippen LogP contribution in [0.4, 0.5) is 0 Å². The Labute approximate surface area is 147 Å². The normalized spacial score (nSPS) is 17.9. The first-order valence-corrected chi connectivity index (χ1v) is 8.90. The van der Waals surface area contributed by atoms with E-state index < -0.39 is 5.97 Å². The topological polar surface area (TPSA) is 107 Å². The molecule has 1 aliphatic carbocycles. The molecule has 2 aliphatic rings. The zero-order valence-electron chi connectivity index (χ0n) is 14.7. The van der Waals surface area contributed by atoms with Crippen LogP contribution in [-0.4, -0.2) is 71.8 Å². The summed E-state index contributed by atoms with van der Waals surface area (Å²) in [5, 5.41) is 11.8. The lowest BCUT2D eigenvalue weighted by Crippen LogP contribution is -2.45. The molecule has 0 unspecified atom stereocenters. The van der Waals surface area contributed by atoms with Gasteiger partial charge in [0.05, 0.1) is 12.5 Å². The highest BCUT2D eigenvalue weighted by atomic mass is 16.4. The van der Waals surface area contributed by atoms with Crippen LogP contribution in [0, 0.1) is 11.8 Å². The van der Waals surface area contributed by atoms with Gasteiger partial charge in [0.1, 0.15) is 0 Å². The minimum atomic E-state index is -0.812. The molecule has 1 saturated heterocycles. The SMILES string of the molecule is CN(CC(=O)N1CCC(C(=O)O)CC1)C(=O)CCCNC(=O)C1CC1. The summed E-state index contributed by atoms with van der Waals surface area (Å²) in [7, 11) is 1.59. The van der Waals surface area contributed by atoms with Crippen LogP contribution in [-0.2, 0) is 19.2 Å². The van der Waals surface area contributed by atoms with Crippen molar-refractivity contribution in [3.8, 4) is 0 Å². The number of hydrogen-bond acceptors (Lipinski definition) is 4. The maximum atomic E-state index is 12.2. The standard InChI is InChI=1S/C17H27N3O5/c1-19(14(21)3-2-8-18-16(23)12-4-5-12)11-15(22)20-9-6-13(7-10-20)17(24)25/h12-13H,2-11H2,1H3,(H,18,23)(H,24,25). The molecular weight excluding hydrogens is 326 g/mol. The van der Waals surface area contributed by atoms with E-state index in [-0.39, 0.29) is 42.5 Å². The first kappa shape index (κ1) is 19.2. The Morgan fingerprint density at radius 3 is 2.28 bits per heavy atom. The van der Waals surface area contributed by atoms with Gasteiger partial charge in [-0.25, -0.2) is 0 Å². The van der Waals surface area contributed by atoms with Gasteiger partial charge in [-0.15, -0.1) is 0 Å². The lowest BCUT2D eigenvalue weighted by atomic mass is 9.97. The summed E-state index contributed by atoms with van der Waals surface area (Å²) in [6.07, 6.45) is 3.67. The van der Waals surface area contributed by atoms with E-state index in [1.54, 1.807) is 11.9 Å². The van der Waals surface area contributed by atoms with E-state index >= 15 is 0 Å². The van der Waals surface area contributed by atoms with Crippen LogP contribution >= 0.6 is 0 Å². The number of likely N-dealkylation sites (N-methyl/N-ethyl adjacent to an activating group) is 1. The predicted octanol–water partition coefficient (Wildman–Crippen LogP) is 0.0744. The average molecular weight is 353 g/mol. The molecule has 0 atom stereocenters. The van der Waals surface area contributed by atoms with Gasteiger partial charge < -0.3 is 20.2 Å². The van der Waals surface area contributed by atoms with Crippen LogP contribution in [0.3, 0.4) is 0 Å². The lowest BCUT2D eigenvalue weighted by Gasteiger charge is -2.31. The molecule has 0 aromatic rings. The number of nitrogens with one attached hydrogen (secondary N) is 1. The number of piperidine rings is 1. The molecule has 2 fully saturated rings. The van der Waals surface area contributed by atoms with E-state index in [0.29, 0.717) is 38.9 Å². The fraction of sp³-hybridized carbons (Fsp3) is 0.765. The number of carbonyl (C=O) groups is 4. The summed E-state index contributed by atoms with van der Waals surface area (Å²) in [6, 6.07) is 0. The number of carbonyl (C=O) groups excluding carboxylic acids is 3. The molecule has 0 aromatic carbocycles. The Hall–Kier alpha value is -2.12. The van der Waals surface area contributed by atoms with Crippen molar-refractivity contribution in [3.05, 3.63) is 0 Å². The second-order valence-electron chi connectivity index (χ2n) is 6.91. The summed E-state index contributed by atoms with van der Waals surface area (Å²) in [5.74, 6) is -1.24. The third-order valence-corrected chi connectivity index (χ3v) is 4.81. The van der Waals surface area contributed by atoms with Crippen molar-refractivity contribution in [3.63, 3.8) is 0 Å². The molecule has 1 heterocycles. The summed E-state index contributed by atoms with van der Waals surface area (Å²) in [4.78, 5) is 49.7. The Morgan fingerprint density at radius 1 is 1.08 bits per heavy atom. The van der Waals surface area contributed by atoms with E-state index in [1.807, 2.05) is 0 Å². The summed E-state index contributed by atoms with van der Waals surface area (Å²) in [6.45, 7) is 1.33. The second-order valence-corrected chi connectivity index (χ2v) is 6.91. The largest absolute Gasteiger partial charge is 0.481 e. The number of carboxylic acids is 1. The Bertz CT molecular complexity index is 524. The minimum absolute atomic E-state index is 0.00496. The maximum Gasteiger partial charge on any atom is 0.306 e. The summed E-state index contributed by atoms with van der Waals surface area (Å²) >= 11 is 0. The van der Waals surface area contributed by atoms with Crippen molar-refractivity contribution in [2.45, 2.75) is 38.5 Å². The van der Waals surface area contributed by atoms with Gasteiger partial charge in [0, 0.05) is 39.0 Å². The van der Waals surface area contributed by atoms with E-state index in [9.17, 15) is 19.2 Å². The molecule has 140 valence electrons. The smallest absolute Gasteiger partial charge is 0.306 e. The number of hydrogen-bond donors (Lipinski definition) is 2. The molecule has 0 spiro atoms. The van der Waals surface area contributed by atoms with Crippen LogP contribution in [0.25, 0.3) is 0 Å². The molecule has 25 heavy (non-hydrogen) atoms. The zero-order valence-corrected chi connectivity index (χ0v) is 14.7. The van der Waals surface area contributed by atoms with E-state index in [0.717, 1.165) is 12.8 Å². The van der Waals surface area contributed by atoms with Crippen LogP contribution in [0.2, 0.25) is 0 Å². The molecule has 8 nitrogen and oxygen atoms in total. The minimum Gasteiger partial charge on any atom is -0.481 e. The highest BCUT2D eigenvalue weighted by Gasteiger charge is 2.29. The van der Waals surface area contributed by atoms with Crippen molar-refractivity contribution in [1.29, 1.82) is 0 Å². The Morgan fingerprint density at radius 2 is 1.72 bits per heavy atom. The quantitative estimate of drug-likeness (QED) is 0.601. The third kappa shape index (κ3) is 6.03. The van der Waals surface area contributed by atoms with Crippen molar-refractivity contribution < 1.29 is 24.3 Å². The molecule has 3 amide bonds. The molecule has 2 N–H and O–H groups in total. The van der Waals surface area contributed by atoms with Gasteiger partial charge in [0.15, 0.2) is 0 Å². The van der Waals surface area contributed by atoms with E-state index in [2.05, 4.69) is 5.32 Å². The summed E-state index contributed by atoms with van der Waals surface area (Å²) in [5.41, 5.74) is 0. The van der Waals surface area contributed by atoms with Gasteiger partial charge in [0.25, 0.3) is 0 Å². The van der Waals surface area contributed by atoms with Gasteiger partial charge in [-0.05, 0) is 32.1 Å². The van der Waals surface area contributed by atoms with Gasteiger partial charge in [-0.1, -0.05) is 0 Å². The van der Waals surface area contributed by atoms with Gasteiger partial charge in [-0.2, -0.15) is 0 Å². The van der Waals surface area contributed by atoms with Crippen molar-refractivity contribution >= 4 is 23.7 Å². The predicted molar refractivity (Wildman–Crippen MR) is 89.5 cm³/mol. The average Bonchev–Trinajstić information content (AvgIpc) is 3.43. The molecule has 0 radical (unpaired) electrons. The molecule has 8 heteroatoms. The molecular formula is C17H27N3O5. The highest BCUT2D eigenvalue weighted by Crippen LogP contribution is 2.28. The van der Waals surface area contributed by atoms with Gasteiger partial charge >= 0.3 is 5.97 Å². The number of amides is 3. The second kappa shape index (κ2) is 8.82. The van der Waals surface area contributed by atoms with Gasteiger partial charge in [-0.3, -0.25) is 19.2 Å². The first-order chi connectivity index (χ1) is 11.9. The molecule has 1 aliphatic heterocycles. The fourth-order valence-corrected chi connectivity index (χ4v) is 2.90. The van der Waals surface area contributed by atoms with Crippen LogP contribution < -0.4 is 5.32 Å². The van der Waals surface area contributed by atoms with Crippen LogP contribution in [0.15, 0.2) is 0 Å². The molecule has 0 aromatic heterocycles. The molecule has 2 rings (SSSR count). The Balaban J connectivity index is 1.61. The fourth-order valence-electron chi connectivity index (χ4n) is 2.90. The third-order valence-electron chi connectivity index (χ3n) is 4.81. The van der Waals surface area contributed by atoms with E-state index in [1.165, 1.54) is 4.90 Å². The maximum absolute atomic E-state index is 12.2. The number of carboxylic acid groups (broad SMARTS) is 1. The molecule has 0 bridgehead atoms. The first-order valence-electron chi connectivity index (χ1n) is 8.90. The molecule has 1 saturated carbocycles. The summed E-state index contributed by atoms with van der Waals surface area (Å²) < 4.78 is 0. The number of nitrogens with zero attached hydrogens (tertiary/aromatic N) is 2. The van der Waals surface area contributed by atoms with Crippen molar-refractivity contribution in [1.82, 2.24) is 15.1 Å². The number of rotatable bonds is 8. The number of likely N-dealkylation sites (tertiary alicyclic amines) is 1.